The van der Waals surface area contributed by atoms with E-state index in [1.165, 1.54) is 37.8 Å². The van der Waals surface area contributed by atoms with Crippen LogP contribution >= 0.6 is 0 Å². The Morgan fingerprint density at radius 2 is 2.00 bits per heavy atom. The number of fused-ring (bicyclic) bond motifs is 1. The first-order valence-electron chi connectivity index (χ1n) is 8.47. The van der Waals surface area contributed by atoms with Crippen molar-refractivity contribution in [2.24, 2.45) is 0 Å². The molecule has 1 atom stereocenters. The molecule has 3 aromatic rings. The van der Waals surface area contributed by atoms with E-state index in [0.29, 0.717) is 23.1 Å². The number of hydrogen-bond acceptors (Lipinski definition) is 4. The monoisotopic (exact) mass is 325 g/mol. The van der Waals surface area contributed by atoms with Crippen LogP contribution in [-0.2, 0) is 0 Å². The molecule has 1 fully saturated rings. The normalized spacial score (nSPS) is 18.8. The number of halogens is 1. The fraction of sp³-hybridized carbons (Fsp3) is 0.389. The van der Waals surface area contributed by atoms with E-state index in [0.717, 1.165) is 12.4 Å². The Bertz CT molecular complexity index is 859. The van der Waals surface area contributed by atoms with Gasteiger partial charge in [-0.2, -0.15) is 4.52 Å². The summed E-state index contributed by atoms with van der Waals surface area (Å²) in [7, 11) is 0. The molecular formula is C18H20FN5. The molecule has 1 aliphatic rings. The molecule has 1 saturated heterocycles. The summed E-state index contributed by atoms with van der Waals surface area (Å²) >= 11 is 0. The van der Waals surface area contributed by atoms with E-state index in [-0.39, 0.29) is 5.82 Å². The van der Waals surface area contributed by atoms with Gasteiger partial charge in [0.05, 0.1) is 0 Å². The molecule has 0 spiro atoms. The Morgan fingerprint density at radius 1 is 1.08 bits per heavy atom. The van der Waals surface area contributed by atoms with Crippen LogP contribution in [0.1, 0.15) is 32.6 Å². The average Bonchev–Trinajstić information content (AvgIpc) is 2.89. The maximum Gasteiger partial charge on any atom is 0.185 e. The van der Waals surface area contributed by atoms with Crippen molar-refractivity contribution in [3.8, 4) is 11.4 Å². The molecule has 0 saturated carbocycles. The standard InChI is InChI=1S/C18H20FN5/c1-13-6-3-2-4-11-23(13)17-10-9-16-20-21-18(24(16)22-17)14-7-5-8-15(19)12-14/h5,7-10,12-13H,2-4,6,11H2,1H3. The second-order valence-electron chi connectivity index (χ2n) is 6.39. The summed E-state index contributed by atoms with van der Waals surface area (Å²) in [6.07, 6.45) is 4.90. The molecule has 4 rings (SSSR count). The predicted molar refractivity (Wildman–Crippen MR) is 91.5 cm³/mol. The van der Waals surface area contributed by atoms with Gasteiger partial charge in [-0.05, 0) is 44.0 Å². The minimum Gasteiger partial charge on any atom is -0.352 e. The lowest BCUT2D eigenvalue weighted by Gasteiger charge is -2.28. The van der Waals surface area contributed by atoms with Crippen LogP contribution in [0.15, 0.2) is 36.4 Å². The highest BCUT2D eigenvalue weighted by atomic mass is 19.1. The zero-order chi connectivity index (χ0) is 16.5. The Balaban J connectivity index is 1.78. The molecule has 0 N–H and O–H groups in total. The fourth-order valence-corrected chi connectivity index (χ4v) is 3.36. The molecular weight excluding hydrogens is 305 g/mol. The number of aromatic nitrogens is 4. The maximum atomic E-state index is 13.5. The van der Waals surface area contributed by atoms with Gasteiger partial charge in [0.2, 0.25) is 0 Å². The van der Waals surface area contributed by atoms with Gasteiger partial charge < -0.3 is 4.90 Å². The van der Waals surface area contributed by atoms with Crippen LogP contribution in [0.25, 0.3) is 17.0 Å². The molecule has 1 aliphatic heterocycles. The van der Waals surface area contributed by atoms with Gasteiger partial charge in [0.15, 0.2) is 11.5 Å². The zero-order valence-corrected chi connectivity index (χ0v) is 13.7. The molecule has 2 aromatic heterocycles. The van der Waals surface area contributed by atoms with Crippen LogP contribution in [-0.4, -0.2) is 32.4 Å². The van der Waals surface area contributed by atoms with Gasteiger partial charge in [-0.25, -0.2) is 4.39 Å². The lowest BCUT2D eigenvalue weighted by Crippen LogP contribution is -2.33. The summed E-state index contributed by atoms with van der Waals surface area (Å²) in [5, 5.41) is 13.1. The summed E-state index contributed by atoms with van der Waals surface area (Å²) in [5.74, 6) is 1.20. The van der Waals surface area contributed by atoms with Crippen molar-refractivity contribution in [1.82, 2.24) is 19.8 Å². The molecule has 0 bridgehead atoms. The van der Waals surface area contributed by atoms with Crippen LogP contribution in [0.4, 0.5) is 10.2 Å². The van der Waals surface area contributed by atoms with E-state index in [2.05, 4.69) is 22.0 Å². The summed E-state index contributed by atoms with van der Waals surface area (Å²) in [4.78, 5) is 2.35. The molecule has 0 aliphatic carbocycles. The summed E-state index contributed by atoms with van der Waals surface area (Å²) in [6, 6.07) is 10.8. The van der Waals surface area contributed by atoms with E-state index in [1.54, 1.807) is 10.6 Å². The van der Waals surface area contributed by atoms with E-state index in [9.17, 15) is 4.39 Å². The quantitative estimate of drug-likeness (QED) is 0.721. The largest absolute Gasteiger partial charge is 0.352 e. The SMILES string of the molecule is CC1CCCCCN1c1ccc2nnc(-c3cccc(F)c3)n2n1. The molecule has 6 heteroatoms. The van der Waals surface area contributed by atoms with E-state index < -0.39 is 0 Å². The van der Waals surface area contributed by atoms with Gasteiger partial charge in [0.25, 0.3) is 0 Å². The summed E-state index contributed by atoms with van der Waals surface area (Å²) in [5.41, 5.74) is 1.34. The lowest BCUT2D eigenvalue weighted by molar-refractivity contribution is 0.607. The van der Waals surface area contributed by atoms with Gasteiger partial charge in [0, 0.05) is 18.2 Å². The Labute approximate surface area is 140 Å². The highest BCUT2D eigenvalue weighted by molar-refractivity contribution is 5.59. The minimum absolute atomic E-state index is 0.290. The van der Waals surface area contributed by atoms with E-state index in [1.807, 2.05) is 18.2 Å². The zero-order valence-electron chi connectivity index (χ0n) is 13.7. The topological polar surface area (TPSA) is 46.3 Å². The van der Waals surface area contributed by atoms with Crippen LogP contribution in [0, 0.1) is 5.82 Å². The molecule has 0 amide bonds. The van der Waals surface area contributed by atoms with Crippen molar-refractivity contribution in [3.05, 3.63) is 42.2 Å². The molecule has 1 aromatic carbocycles. The van der Waals surface area contributed by atoms with E-state index >= 15 is 0 Å². The second-order valence-corrected chi connectivity index (χ2v) is 6.39. The van der Waals surface area contributed by atoms with Gasteiger partial charge in [-0.15, -0.1) is 15.3 Å². The molecule has 5 nitrogen and oxygen atoms in total. The number of hydrogen-bond donors (Lipinski definition) is 0. The van der Waals surface area contributed by atoms with Gasteiger partial charge in [-0.1, -0.05) is 25.0 Å². The number of nitrogens with zero attached hydrogens (tertiary/aromatic N) is 5. The fourth-order valence-electron chi connectivity index (χ4n) is 3.36. The maximum absolute atomic E-state index is 13.5. The highest BCUT2D eigenvalue weighted by Crippen LogP contribution is 2.24. The summed E-state index contributed by atoms with van der Waals surface area (Å²) < 4.78 is 15.2. The molecule has 3 heterocycles. The molecule has 124 valence electrons. The Morgan fingerprint density at radius 3 is 2.88 bits per heavy atom. The third-order valence-corrected chi connectivity index (χ3v) is 4.68. The van der Waals surface area contributed by atoms with Gasteiger partial charge in [-0.3, -0.25) is 0 Å². The number of anilines is 1. The molecule has 24 heavy (non-hydrogen) atoms. The third-order valence-electron chi connectivity index (χ3n) is 4.68. The first kappa shape index (κ1) is 15.1. The van der Waals surface area contributed by atoms with Crippen molar-refractivity contribution in [1.29, 1.82) is 0 Å². The molecule has 1 unspecified atom stereocenters. The highest BCUT2D eigenvalue weighted by Gasteiger charge is 2.20. The Hall–Kier alpha value is -2.50. The average molecular weight is 325 g/mol. The minimum atomic E-state index is -0.290. The lowest BCUT2D eigenvalue weighted by atomic mass is 10.1. The Kier molecular flexibility index (Phi) is 3.88. The predicted octanol–water partition coefficient (Wildman–Crippen LogP) is 3.70. The van der Waals surface area contributed by atoms with Crippen molar-refractivity contribution in [2.45, 2.75) is 38.6 Å². The second kappa shape index (κ2) is 6.19. The van der Waals surface area contributed by atoms with Crippen molar-refractivity contribution < 1.29 is 4.39 Å². The van der Waals surface area contributed by atoms with Crippen molar-refractivity contribution in [3.63, 3.8) is 0 Å². The first-order chi connectivity index (χ1) is 11.7. The number of rotatable bonds is 2. The third kappa shape index (κ3) is 2.72. The number of benzene rings is 1. The van der Waals surface area contributed by atoms with Crippen LogP contribution in [0.5, 0.6) is 0 Å². The molecule has 0 radical (unpaired) electrons. The summed E-state index contributed by atoms with van der Waals surface area (Å²) in [6.45, 7) is 3.26. The van der Waals surface area contributed by atoms with E-state index in [4.69, 9.17) is 5.10 Å². The van der Waals surface area contributed by atoms with Gasteiger partial charge >= 0.3 is 0 Å². The van der Waals surface area contributed by atoms with Crippen molar-refractivity contribution in [2.75, 3.05) is 11.4 Å². The van der Waals surface area contributed by atoms with Gasteiger partial charge in [0.1, 0.15) is 11.6 Å². The van der Waals surface area contributed by atoms with Crippen LogP contribution < -0.4 is 4.90 Å². The van der Waals surface area contributed by atoms with Crippen LogP contribution in [0.2, 0.25) is 0 Å². The van der Waals surface area contributed by atoms with Crippen molar-refractivity contribution >= 4 is 11.5 Å². The first-order valence-corrected chi connectivity index (χ1v) is 8.47. The smallest absolute Gasteiger partial charge is 0.185 e. The van der Waals surface area contributed by atoms with Crippen LogP contribution in [0.3, 0.4) is 0 Å².